The second-order valence-electron chi connectivity index (χ2n) is 3.18. The molecule has 0 aliphatic carbocycles. The molecular formula is C10H7IN2O3. The van der Waals surface area contributed by atoms with Crippen LogP contribution in [0.1, 0.15) is 5.76 Å². The Kier molecular flexibility index (Phi) is 2.90. The Labute approximate surface area is 105 Å². The predicted molar refractivity (Wildman–Crippen MR) is 66.0 cm³/mol. The van der Waals surface area contributed by atoms with Crippen molar-refractivity contribution in [2.24, 2.45) is 0 Å². The molecule has 0 saturated carbocycles. The van der Waals surface area contributed by atoms with Crippen LogP contribution >= 0.6 is 22.6 Å². The molecule has 5 nitrogen and oxygen atoms in total. The van der Waals surface area contributed by atoms with E-state index in [0.29, 0.717) is 20.9 Å². The van der Waals surface area contributed by atoms with E-state index in [2.05, 4.69) is 4.98 Å². The highest BCUT2D eigenvalue weighted by molar-refractivity contribution is 14.1. The maximum atomic E-state index is 10.6. The predicted octanol–water partition coefficient (Wildman–Crippen LogP) is 3.16. The lowest BCUT2D eigenvalue weighted by molar-refractivity contribution is -0.384. The quantitative estimate of drug-likeness (QED) is 0.482. The lowest BCUT2D eigenvalue weighted by Gasteiger charge is -1.97. The van der Waals surface area contributed by atoms with Gasteiger partial charge >= 0.3 is 0 Å². The summed E-state index contributed by atoms with van der Waals surface area (Å²) in [4.78, 5) is 14.4. The van der Waals surface area contributed by atoms with Gasteiger partial charge in [0, 0.05) is 40.3 Å². The van der Waals surface area contributed by atoms with Crippen LogP contribution in [0, 0.1) is 20.9 Å². The lowest BCUT2D eigenvalue weighted by atomic mass is 10.1. The zero-order valence-corrected chi connectivity index (χ0v) is 10.5. The van der Waals surface area contributed by atoms with Crippen LogP contribution in [0.15, 0.2) is 28.7 Å². The second kappa shape index (κ2) is 4.20. The molecule has 0 aliphatic rings. The summed E-state index contributed by atoms with van der Waals surface area (Å²) in [5, 5.41) is 10.6. The van der Waals surface area contributed by atoms with E-state index in [0.717, 1.165) is 0 Å². The summed E-state index contributed by atoms with van der Waals surface area (Å²) in [5.74, 6) is 0.657. The number of rotatable bonds is 2. The smallest absolute Gasteiger partial charge is 0.270 e. The second-order valence-corrected chi connectivity index (χ2v) is 4.10. The highest BCUT2D eigenvalue weighted by atomic mass is 127. The molecule has 0 bridgehead atoms. The molecule has 6 heteroatoms. The molecule has 1 heterocycles. The summed E-state index contributed by atoms with van der Waals surface area (Å²) in [6, 6.07) is 6.34. The first-order valence-corrected chi connectivity index (χ1v) is 5.53. The summed E-state index contributed by atoms with van der Waals surface area (Å²) in [5.41, 5.74) is 1.39. The van der Waals surface area contributed by atoms with E-state index in [1.54, 1.807) is 19.1 Å². The molecule has 16 heavy (non-hydrogen) atoms. The molecule has 0 saturated heterocycles. The fourth-order valence-corrected chi connectivity index (χ4v) is 1.97. The van der Waals surface area contributed by atoms with Crippen molar-refractivity contribution in [1.82, 2.24) is 4.98 Å². The summed E-state index contributed by atoms with van der Waals surface area (Å²) < 4.78 is 5.80. The van der Waals surface area contributed by atoms with Gasteiger partial charge in [-0.05, 0) is 6.92 Å². The van der Waals surface area contributed by atoms with Crippen LogP contribution in [0.2, 0.25) is 0 Å². The zero-order valence-electron chi connectivity index (χ0n) is 8.31. The molecule has 2 rings (SSSR count). The Balaban J connectivity index is 2.52. The molecule has 0 radical (unpaired) electrons. The van der Waals surface area contributed by atoms with E-state index in [1.165, 1.54) is 12.1 Å². The molecule has 1 aromatic heterocycles. The average Bonchev–Trinajstić information content (AvgIpc) is 2.58. The average molecular weight is 330 g/mol. The van der Waals surface area contributed by atoms with Crippen molar-refractivity contribution >= 4 is 28.3 Å². The van der Waals surface area contributed by atoms with E-state index in [4.69, 9.17) is 4.42 Å². The molecular weight excluding hydrogens is 323 g/mol. The van der Waals surface area contributed by atoms with Crippen molar-refractivity contribution in [3.8, 4) is 11.3 Å². The van der Waals surface area contributed by atoms with Gasteiger partial charge in [-0.25, -0.2) is 4.98 Å². The Bertz CT molecular complexity index is 551. The van der Waals surface area contributed by atoms with Crippen molar-refractivity contribution in [2.75, 3.05) is 0 Å². The molecule has 2 aromatic rings. The fourth-order valence-electron chi connectivity index (χ4n) is 1.40. The normalized spacial score (nSPS) is 10.4. The number of nitro groups is 1. The fraction of sp³-hybridized carbons (Fsp3) is 0.100. The van der Waals surface area contributed by atoms with Gasteiger partial charge in [0.2, 0.25) is 0 Å². The first-order chi connectivity index (χ1) is 7.58. The number of oxazole rings is 1. The van der Waals surface area contributed by atoms with Gasteiger partial charge in [-0.2, -0.15) is 0 Å². The monoisotopic (exact) mass is 330 g/mol. The number of aromatic nitrogens is 1. The molecule has 0 unspecified atom stereocenters. The maximum Gasteiger partial charge on any atom is 0.270 e. The number of nitrogens with zero attached hydrogens (tertiary/aromatic N) is 2. The maximum absolute atomic E-state index is 10.6. The molecule has 1 aromatic carbocycles. The molecule has 0 spiro atoms. The lowest BCUT2D eigenvalue weighted by Crippen LogP contribution is -1.88. The van der Waals surface area contributed by atoms with E-state index in [-0.39, 0.29) is 5.69 Å². The number of nitro benzene ring substituents is 1. The first kappa shape index (κ1) is 11.1. The van der Waals surface area contributed by atoms with Crippen LogP contribution in [0.4, 0.5) is 5.69 Å². The van der Waals surface area contributed by atoms with Gasteiger partial charge in [0.15, 0.2) is 0 Å². The minimum Gasteiger partial charge on any atom is -0.437 e. The number of non-ortho nitro benzene ring substituents is 1. The number of halogens is 1. The van der Waals surface area contributed by atoms with Crippen molar-refractivity contribution in [3.05, 3.63) is 44.0 Å². The van der Waals surface area contributed by atoms with Gasteiger partial charge in [-0.1, -0.05) is 12.1 Å². The van der Waals surface area contributed by atoms with Crippen LogP contribution in [0.3, 0.4) is 0 Å². The molecule has 82 valence electrons. The Hall–Kier alpha value is -1.44. The molecule has 0 amide bonds. The topological polar surface area (TPSA) is 69.2 Å². The molecule has 0 fully saturated rings. The van der Waals surface area contributed by atoms with Gasteiger partial charge in [0.25, 0.3) is 9.58 Å². The summed E-state index contributed by atoms with van der Waals surface area (Å²) in [7, 11) is 0. The molecule has 0 N–H and O–H groups in total. The van der Waals surface area contributed by atoms with Crippen molar-refractivity contribution in [3.63, 3.8) is 0 Å². The van der Waals surface area contributed by atoms with Crippen LogP contribution in [-0.4, -0.2) is 9.91 Å². The minimum atomic E-state index is -0.427. The van der Waals surface area contributed by atoms with Crippen LogP contribution in [0.25, 0.3) is 11.3 Å². The molecule has 0 atom stereocenters. The SMILES string of the molecule is Cc1oc(I)nc1-c1cccc([N+](=O)[O-])c1. The van der Waals surface area contributed by atoms with Gasteiger partial charge in [-0.3, -0.25) is 10.1 Å². The summed E-state index contributed by atoms with van der Waals surface area (Å²) >= 11 is 1.96. The van der Waals surface area contributed by atoms with E-state index in [9.17, 15) is 10.1 Å². The largest absolute Gasteiger partial charge is 0.437 e. The van der Waals surface area contributed by atoms with Gasteiger partial charge in [-0.15, -0.1) is 0 Å². The summed E-state index contributed by atoms with van der Waals surface area (Å²) in [6.45, 7) is 1.78. The highest BCUT2D eigenvalue weighted by Gasteiger charge is 2.13. The van der Waals surface area contributed by atoms with Crippen molar-refractivity contribution in [1.29, 1.82) is 0 Å². The van der Waals surface area contributed by atoms with Gasteiger partial charge in [0.05, 0.1) is 4.92 Å². The first-order valence-electron chi connectivity index (χ1n) is 4.45. The Morgan fingerprint density at radius 1 is 1.50 bits per heavy atom. The standard InChI is InChI=1S/C10H7IN2O3/c1-6-9(12-10(11)16-6)7-3-2-4-8(5-7)13(14)15/h2-5H,1H3. The number of aryl methyl sites for hydroxylation is 1. The van der Waals surface area contributed by atoms with Crippen LogP contribution < -0.4 is 0 Å². The summed E-state index contributed by atoms with van der Waals surface area (Å²) in [6.07, 6.45) is 0. The van der Waals surface area contributed by atoms with Crippen LogP contribution in [-0.2, 0) is 0 Å². The zero-order chi connectivity index (χ0) is 11.7. The van der Waals surface area contributed by atoms with E-state index in [1.807, 2.05) is 22.6 Å². The minimum absolute atomic E-state index is 0.0508. The highest BCUT2D eigenvalue weighted by Crippen LogP contribution is 2.26. The third-order valence-electron chi connectivity index (χ3n) is 2.10. The van der Waals surface area contributed by atoms with E-state index >= 15 is 0 Å². The Morgan fingerprint density at radius 3 is 2.81 bits per heavy atom. The van der Waals surface area contributed by atoms with Crippen LogP contribution in [0.5, 0.6) is 0 Å². The van der Waals surface area contributed by atoms with Crippen molar-refractivity contribution < 1.29 is 9.34 Å². The molecule has 0 aliphatic heterocycles. The van der Waals surface area contributed by atoms with E-state index < -0.39 is 4.92 Å². The van der Waals surface area contributed by atoms with Gasteiger partial charge < -0.3 is 4.42 Å². The Morgan fingerprint density at radius 2 is 2.25 bits per heavy atom. The number of hydrogen-bond donors (Lipinski definition) is 0. The van der Waals surface area contributed by atoms with Gasteiger partial charge in [0.1, 0.15) is 11.5 Å². The third-order valence-corrected chi connectivity index (χ3v) is 2.56. The number of hydrogen-bond acceptors (Lipinski definition) is 4. The third kappa shape index (κ3) is 2.06. The number of benzene rings is 1. The van der Waals surface area contributed by atoms with Crippen molar-refractivity contribution in [2.45, 2.75) is 6.92 Å².